The molecule has 1 aliphatic carbocycles. The molecule has 5 nitrogen and oxygen atoms in total. The molecule has 5 heteroatoms. The predicted octanol–water partition coefficient (Wildman–Crippen LogP) is 5.46. The molecule has 1 heterocycles. The average molecular weight is 476 g/mol. The number of amides is 2. The molecule has 2 atom stereocenters. The Balaban J connectivity index is 1.51. The van der Waals surface area contributed by atoms with Crippen LogP contribution in [-0.4, -0.2) is 23.9 Å². The minimum absolute atomic E-state index is 0.0202. The molecule has 2 aliphatic rings. The first-order chi connectivity index (χ1) is 16.9. The van der Waals surface area contributed by atoms with Crippen LogP contribution in [0.1, 0.15) is 87.8 Å². The number of rotatable bonds is 9. The van der Waals surface area contributed by atoms with Gasteiger partial charge in [0.15, 0.2) is 0 Å². The van der Waals surface area contributed by atoms with Crippen molar-refractivity contribution in [1.82, 2.24) is 5.32 Å². The maximum absolute atomic E-state index is 13.9. The lowest BCUT2D eigenvalue weighted by Crippen LogP contribution is -2.53. The van der Waals surface area contributed by atoms with Crippen LogP contribution in [0.3, 0.4) is 0 Å². The van der Waals surface area contributed by atoms with Gasteiger partial charge in [0.05, 0.1) is 18.6 Å². The highest BCUT2D eigenvalue weighted by molar-refractivity contribution is 5.99. The Kier molecular flexibility index (Phi) is 8.61. The molecule has 0 aromatic heterocycles. The van der Waals surface area contributed by atoms with Crippen molar-refractivity contribution in [3.63, 3.8) is 0 Å². The molecule has 0 spiro atoms. The number of nitrogens with one attached hydrogen (secondary N) is 1. The second-order valence-electron chi connectivity index (χ2n) is 10.7. The van der Waals surface area contributed by atoms with Crippen molar-refractivity contribution in [2.45, 2.75) is 96.2 Å². The molecule has 1 fully saturated rings. The molecular weight excluding hydrogens is 434 g/mol. The molecule has 3 N–H and O–H groups in total. The molecule has 188 valence electrons. The van der Waals surface area contributed by atoms with Gasteiger partial charge in [-0.1, -0.05) is 88.4 Å². The molecule has 2 aromatic carbocycles. The Labute approximate surface area is 210 Å². The Bertz CT molecular complexity index is 995. The van der Waals surface area contributed by atoms with Gasteiger partial charge < -0.3 is 10.6 Å². The molecule has 0 unspecified atom stereocenters. The molecule has 1 aliphatic heterocycles. The summed E-state index contributed by atoms with van der Waals surface area (Å²) in [5, 5.41) is 3.39. The van der Waals surface area contributed by atoms with Crippen molar-refractivity contribution in [3.05, 3.63) is 65.2 Å². The van der Waals surface area contributed by atoms with Gasteiger partial charge in [0.2, 0.25) is 11.8 Å². The number of primary amides is 1. The summed E-state index contributed by atoms with van der Waals surface area (Å²) in [6, 6.07) is 15.8. The molecule has 4 rings (SSSR count). The highest BCUT2D eigenvalue weighted by Crippen LogP contribution is 2.30. The number of benzene rings is 2. The molecule has 1 saturated carbocycles. The van der Waals surface area contributed by atoms with Gasteiger partial charge in [-0.2, -0.15) is 0 Å². The van der Waals surface area contributed by atoms with Crippen molar-refractivity contribution in [3.8, 4) is 0 Å². The van der Waals surface area contributed by atoms with E-state index in [0.29, 0.717) is 31.2 Å². The first kappa shape index (κ1) is 25.4. The Morgan fingerprint density at radius 1 is 1.03 bits per heavy atom. The van der Waals surface area contributed by atoms with E-state index >= 15 is 0 Å². The molecule has 0 bridgehead atoms. The van der Waals surface area contributed by atoms with Crippen LogP contribution in [-0.2, 0) is 22.6 Å². The smallest absolute Gasteiger partial charge is 0.244 e. The topological polar surface area (TPSA) is 75.4 Å². The van der Waals surface area contributed by atoms with E-state index in [1.807, 2.05) is 23.1 Å². The number of para-hydroxylation sites is 1. The third-order valence-corrected chi connectivity index (χ3v) is 7.87. The molecule has 0 radical (unpaired) electrons. The van der Waals surface area contributed by atoms with E-state index in [1.54, 1.807) is 0 Å². The van der Waals surface area contributed by atoms with E-state index in [9.17, 15) is 9.59 Å². The molecule has 2 aromatic rings. The highest BCUT2D eigenvalue weighted by atomic mass is 16.2. The molecule has 0 saturated heterocycles. The van der Waals surface area contributed by atoms with E-state index in [1.165, 1.54) is 43.2 Å². The third-order valence-electron chi connectivity index (χ3n) is 7.87. The van der Waals surface area contributed by atoms with Crippen LogP contribution in [0, 0.1) is 5.92 Å². The fraction of sp³-hybridized carbons (Fsp3) is 0.533. The number of aryl methyl sites for hydroxylation is 1. The summed E-state index contributed by atoms with van der Waals surface area (Å²) < 4.78 is 0. The van der Waals surface area contributed by atoms with E-state index in [2.05, 4.69) is 49.5 Å². The summed E-state index contributed by atoms with van der Waals surface area (Å²) in [5.74, 6) is 0.808. The predicted molar refractivity (Wildman–Crippen MR) is 142 cm³/mol. The Morgan fingerprint density at radius 3 is 2.43 bits per heavy atom. The van der Waals surface area contributed by atoms with Gasteiger partial charge in [0.1, 0.15) is 0 Å². The minimum Gasteiger partial charge on any atom is -0.368 e. The zero-order chi connectivity index (χ0) is 24.8. The van der Waals surface area contributed by atoms with Crippen molar-refractivity contribution < 1.29 is 9.59 Å². The van der Waals surface area contributed by atoms with Crippen LogP contribution in [0.4, 0.5) is 5.69 Å². The SMILES string of the molecule is CC(C)c1ccc(CN2C(=O)[C@@H](N[C@@H](CCC3CCCCC3)C(N)=O)CCc3ccccc32)cc1. The van der Waals surface area contributed by atoms with Crippen molar-refractivity contribution in [1.29, 1.82) is 0 Å². The second kappa shape index (κ2) is 11.9. The summed E-state index contributed by atoms with van der Waals surface area (Å²) in [6.07, 6.45) is 9.52. The lowest BCUT2D eigenvalue weighted by atomic mass is 9.85. The van der Waals surface area contributed by atoms with E-state index in [0.717, 1.165) is 24.1 Å². The number of carbonyl (C=O) groups excluding carboxylic acids is 2. The lowest BCUT2D eigenvalue weighted by molar-refractivity contribution is -0.123. The molecular formula is C30H41N3O2. The number of fused-ring (bicyclic) bond motifs is 1. The van der Waals surface area contributed by atoms with Gasteiger partial charge in [-0.05, 0) is 60.3 Å². The molecule has 2 amide bonds. The Morgan fingerprint density at radius 2 is 1.74 bits per heavy atom. The summed E-state index contributed by atoms with van der Waals surface area (Å²) in [5.41, 5.74) is 10.3. The van der Waals surface area contributed by atoms with Crippen LogP contribution in [0.2, 0.25) is 0 Å². The van der Waals surface area contributed by atoms with Gasteiger partial charge in [-0.25, -0.2) is 0 Å². The van der Waals surface area contributed by atoms with Crippen LogP contribution in [0.25, 0.3) is 0 Å². The van der Waals surface area contributed by atoms with Crippen LogP contribution in [0.5, 0.6) is 0 Å². The standard InChI is InChI=1S/C30H41N3O2/c1-21(2)24-15-12-23(13-16-24)20-33-28-11-7-6-10-25(28)17-19-27(30(33)35)32-26(29(31)34)18-14-22-8-4-3-5-9-22/h6-7,10-13,15-16,21-22,26-27,32H,3-5,8-9,14,17-20H2,1-2H3,(H2,31,34)/t26-,27-/m0/s1. The van der Waals surface area contributed by atoms with E-state index < -0.39 is 12.1 Å². The summed E-state index contributed by atoms with van der Waals surface area (Å²) in [6.45, 7) is 4.88. The van der Waals surface area contributed by atoms with Gasteiger partial charge in [-0.15, -0.1) is 0 Å². The zero-order valence-electron chi connectivity index (χ0n) is 21.3. The maximum Gasteiger partial charge on any atom is 0.244 e. The van der Waals surface area contributed by atoms with Crippen molar-refractivity contribution in [2.24, 2.45) is 11.7 Å². The van der Waals surface area contributed by atoms with Crippen LogP contribution >= 0.6 is 0 Å². The summed E-state index contributed by atoms with van der Waals surface area (Å²) in [7, 11) is 0. The number of anilines is 1. The molecule has 35 heavy (non-hydrogen) atoms. The Hall–Kier alpha value is -2.66. The summed E-state index contributed by atoms with van der Waals surface area (Å²) in [4.78, 5) is 28.1. The first-order valence-corrected chi connectivity index (χ1v) is 13.5. The maximum atomic E-state index is 13.9. The third kappa shape index (κ3) is 6.52. The fourth-order valence-electron chi connectivity index (χ4n) is 5.65. The zero-order valence-corrected chi connectivity index (χ0v) is 21.3. The number of hydrogen-bond donors (Lipinski definition) is 2. The number of carbonyl (C=O) groups is 2. The van der Waals surface area contributed by atoms with Gasteiger partial charge >= 0.3 is 0 Å². The fourth-order valence-corrected chi connectivity index (χ4v) is 5.65. The van der Waals surface area contributed by atoms with Crippen LogP contribution in [0.15, 0.2) is 48.5 Å². The number of nitrogens with two attached hydrogens (primary N) is 1. The van der Waals surface area contributed by atoms with Gasteiger partial charge in [-0.3, -0.25) is 14.9 Å². The first-order valence-electron chi connectivity index (χ1n) is 13.5. The van der Waals surface area contributed by atoms with E-state index in [4.69, 9.17) is 5.73 Å². The van der Waals surface area contributed by atoms with Crippen LogP contribution < -0.4 is 16.0 Å². The minimum atomic E-state index is -0.473. The van der Waals surface area contributed by atoms with Crippen molar-refractivity contribution >= 4 is 17.5 Å². The summed E-state index contributed by atoms with van der Waals surface area (Å²) >= 11 is 0. The van der Waals surface area contributed by atoms with Gasteiger partial charge in [0, 0.05) is 5.69 Å². The number of hydrogen-bond acceptors (Lipinski definition) is 3. The largest absolute Gasteiger partial charge is 0.368 e. The van der Waals surface area contributed by atoms with E-state index in [-0.39, 0.29) is 11.8 Å². The average Bonchev–Trinajstić information content (AvgIpc) is 2.99. The quantitative estimate of drug-likeness (QED) is 0.505. The second-order valence-corrected chi connectivity index (χ2v) is 10.7. The lowest BCUT2D eigenvalue weighted by Gasteiger charge is -2.29. The van der Waals surface area contributed by atoms with Crippen molar-refractivity contribution in [2.75, 3.05) is 4.90 Å². The normalized spacial score (nSPS) is 19.9. The monoisotopic (exact) mass is 475 g/mol. The van der Waals surface area contributed by atoms with Gasteiger partial charge in [0.25, 0.3) is 0 Å². The highest BCUT2D eigenvalue weighted by Gasteiger charge is 2.33. The number of nitrogens with zero attached hydrogens (tertiary/aromatic N) is 1.